The minimum absolute atomic E-state index is 0. The van der Waals surface area contributed by atoms with E-state index in [1.807, 2.05) is 16.8 Å². The molecule has 0 fully saturated rings. The van der Waals surface area contributed by atoms with Crippen LogP contribution < -0.4 is 34.3 Å². The number of carbonyl (C=O) groups excluding carboxylic acids is 1. The van der Waals surface area contributed by atoms with E-state index < -0.39 is 11.6 Å². The summed E-state index contributed by atoms with van der Waals surface area (Å²) >= 11 is 1.54. The maximum Gasteiger partial charge on any atom is 1.00 e. The van der Waals surface area contributed by atoms with Crippen LogP contribution in [0.3, 0.4) is 0 Å². The molecule has 0 saturated heterocycles. The SMILES string of the molecule is O=Cc1c(O)cc(OCc2ccsc2)cc1F.[H-].[Na+]. The smallest absolute Gasteiger partial charge is 1.00 e. The van der Waals surface area contributed by atoms with Gasteiger partial charge in [-0.15, -0.1) is 0 Å². The monoisotopic (exact) mass is 276 g/mol. The van der Waals surface area contributed by atoms with Crippen LogP contribution in [0.25, 0.3) is 0 Å². The Hall–Kier alpha value is -0.880. The molecule has 0 atom stereocenters. The average molecular weight is 276 g/mol. The third-order valence-corrected chi connectivity index (χ3v) is 2.92. The fourth-order valence-electron chi connectivity index (χ4n) is 1.32. The fraction of sp³-hybridized carbons (Fsp3) is 0.0833. The molecule has 3 nitrogen and oxygen atoms in total. The first kappa shape index (κ1) is 15.2. The van der Waals surface area contributed by atoms with Crippen LogP contribution in [0.5, 0.6) is 11.5 Å². The van der Waals surface area contributed by atoms with Crippen LogP contribution in [0, 0.1) is 5.82 Å². The van der Waals surface area contributed by atoms with Crippen molar-refractivity contribution in [2.75, 3.05) is 0 Å². The third kappa shape index (κ3) is 3.55. The van der Waals surface area contributed by atoms with Crippen molar-refractivity contribution in [2.45, 2.75) is 6.61 Å². The summed E-state index contributed by atoms with van der Waals surface area (Å²) in [5, 5.41) is 13.2. The third-order valence-electron chi connectivity index (χ3n) is 2.18. The molecule has 0 aliphatic heterocycles. The van der Waals surface area contributed by atoms with Crippen LogP contribution in [0.15, 0.2) is 29.0 Å². The normalized spacial score (nSPS) is 9.61. The van der Waals surface area contributed by atoms with Crippen LogP contribution in [0.4, 0.5) is 4.39 Å². The van der Waals surface area contributed by atoms with Crippen molar-refractivity contribution < 1.29 is 50.0 Å². The molecule has 1 aromatic carbocycles. The van der Waals surface area contributed by atoms with Crippen LogP contribution >= 0.6 is 11.3 Å². The Morgan fingerprint density at radius 2 is 2.28 bits per heavy atom. The molecule has 0 aliphatic rings. The molecule has 0 unspecified atom stereocenters. The molecule has 0 amide bonds. The van der Waals surface area contributed by atoms with Gasteiger partial charge in [0.15, 0.2) is 6.29 Å². The first-order valence-electron chi connectivity index (χ1n) is 4.82. The van der Waals surface area contributed by atoms with E-state index in [0.717, 1.165) is 11.6 Å². The molecule has 0 saturated carbocycles. The molecule has 0 bridgehead atoms. The first-order chi connectivity index (χ1) is 8.20. The molecule has 0 spiro atoms. The maximum atomic E-state index is 13.3. The summed E-state index contributed by atoms with van der Waals surface area (Å²) in [5.41, 5.74) is 0.613. The van der Waals surface area contributed by atoms with Gasteiger partial charge in [-0.05, 0) is 22.4 Å². The molecule has 1 heterocycles. The van der Waals surface area contributed by atoms with Crippen molar-refractivity contribution in [1.29, 1.82) is 0 Å². The van der Waals surface area contributed by atoms with E-state index >= 15 is 0 Å². The zero-order valence-electron chi connectivity index (χ0n) is 10.7. The Balaban J connectivity index is 0.00000162. The van der Waals surface area contributed by atoms with Gasteiger partial charge < -0.3 is 11.3 Å². The predicted molar refractivity (Wildman–Crippen MR) is 63.2 cm³/mol. The molecule has 90 valence electrons. The number of carbonyl (C=O) groups is 1. The second kappa shape index (κ2) is 6.89. The second-order valence-electron chi connectivity index (χ2n) is 3.38. The van der Waals surface area contributed by atoms with Gasteiger partial charge in [0.1, 0.15) is 23.9 Å². The number of phenols is 1. The minimum atomic E-state index is -0.791. The van der Waals surface area contributed by atoms with Gasteiger partial charge in [-0.1, -0.05) is 0 Å². The largest absolute Gasteiger partial charge is 1.00 e. The summed E-state index contributed by atoms with van der Waals surface area (Å²) in [6.45, 7) is 0.294. The zero-order valence-corrected chi connectivity index (χ0v) is 12.5. The van der Waals surface area contributed by atoms with E-state index in [1.54, 1.807) is 0 Å². The molecule has 2 rings (SSSR count). The summed E-state index contributed by atoms with van der Waals surface area (Å²) in [6, 6.07) is 4.19. The van der Waals surface area contributed by atoms with E-state index in [4.69, 9.17) is 4.74 Å². The molecule has 6 heteroatoms. The van der Waals surface area contributed by atoms with Gasteiger partial charge in [0.25, 0.3) is 0 Å². The van der Waals surface area contributed by atoms with Crippen molar-refractivity contribution in [1.82, 2.24) is 0 Å². The summed E-state index contributed by atoms with van der Waals surface area (Å²) in [5.74, 6) is -1.02. The van der Waals surface area contributed by atoms with Crippen LogP contribution in [0.2, 0.25) is 0 Å². The molecule has 1 N–H and O–H groups in total. The van der Waals surface area contributed by atoms with Gasteiger partial charge in [0.2, 0.25) is 0 Å². The summed E-state index contributed by atoms with van der Waals surface area (Å²) in [6.07, 6.45) is 0.271. The van der Waals surface area contributed by atoms with Crippen molar-refractivity contribution in [3.63, 3.8) is 0 Å². The quantitative estimate of drug-likeness (QED) is 0.636. The van der Waals surface area contributed by atoms with E-state index in [9.17, 15) is 14.3 Å². The van der Waals surface area contributed by atoms with Gasteiger partial charge in [0.05, 0.1) is 5.56 Å². The summed E-state index contributed by atoms with van der Waals surface area (Å²) in [7, 11) is 0. The number of rotatable bonds is 4. The van der Waals surface area contributed by atoms with Crippen molar-refractivity contribution in [2.24, 2.45) is 0 Å². The number of hydrogen-bond donors (Lipinski definition) is 1. The Labute approximate surface area is 131 Å². The standard InChI is InChI=1S/C12H9FO3S.Na.H/c13-11-3-9(4-12(15)10(11)5-14)16-6-8-1-2-17-7-8;;/h1-5,7,15H,6H2;;/q;+1;-1. The van der Waals surface area contributed by atoms with Gasteiger partial charge >= 0.3 is 29.6 Å². The molecule has 0 radical (unpaired) electrons. The summed E-state index contributed by atoms with van der Waals surface area (Å²) in [4.78, 5) is 10.5. The topological polar surface area (TPSA) is 46.5 Å². The number of benzene rings is 1. The molecule has 1 aromatic heterocycles. The Kier molecular flexibility index (Phi) is 5.81. The maximum absolute atomic E-state index is 13.3. The van der Waals surface area contributed by atoms with E-state index in [0.29, 0.717) is 6.61 Å². The first-order valence-corrected chi connectivity index (χ1v) is 5.76. The van der Waals surface area contributed by atoms with Crippen molar-refractivity contribution in [3.8, 4) is 11.5 Å². The molecular weight excluding hydrogens is 266 g/mol. The van der Waals surface area contributed by atoms with Gasteiger partial charge in [0, 0.05) is 12.1 Å². The number of hydrogen-bond acceptors (Lipinski definition) is 4. The van der Waals surface area contributed by atoms with Crippen LogP contribution in [-0.2, 0) is 6.61 Å². The number of halogens is 1. The molecule has 18 heavy (non-hydrogen) atoms. The number of aldehydes is 1. The second-order valence-corrected chi connectivity index (χ2v) is 4.16. The van der Waals surface area contributed by atoms with Crippen molar-refractivity contribution in [3.05, 3.63) is 45.9 Å². The zero-order chi connectivity index (χ0) is 12.3. The summed E-state index contributed by atoms with van der Waals surface area (Å²) < 4.78 is 18.6. The number of aromatic hydroxyl groups is 1. The van der Waals surface area contributed by atoms with Crippen molar-refractivity contribution >= 4 is 17.6 Å². The van der Waals surface area contributed by atoms with E-state index in [2.05, 4.69) is 0 Å². The number of ether oxygens (including phenoxy) is 1. The van der Waals surface area contributed by atoms with Crippen LogP contribution in [0.1, 0.15) is 17.3 Å². The van der Waals surface area contributed by atoms with E-state index in [-0.39, 0.29) is 48.6 Å². The van der Waals surface area contributed by atoms with E-state index in [1.165, 1.54) is 17.4 Å². The number of phenolic OH excluding ortho intramolecular Hbond substituents is 1. The Morgan fingerprint density at radius 3 is 2.83 bits per heavy atom. The Bertz CT molecular complexity index is 511. The molecular formula is C12H10FNaO3S. The van der Waals surface area contributed by atoms with Crippen LogP contribution in [-0.4, -0.2) is 11.4 Å². The number of thiophene rings is 1. The van der Waals surface area contributed by atoms with Gasteiger partial charge in [-0.25, -0.2) is 4.39 Å². The predicted octanol–water partition coefficient (Wildman–Crippen LogP) is 0.101. The molecule has 2 aromatic rings. The minimum Gasteiger partial charge on any atom is -1.00 e. The average Bonchev–Trinajstić information content (AvgIpc) is 2.79. The van der Waals surface area contributed by atoms with Gasteiger partial charge in [-0.2, -0.15) is 11.3 Å². The molecule has 0 aliphatic carbocycles. The fourth-order valence-corrected chi connectivity index (χ4v) is 1.97. The van der Waals surface area contributed by atoms with Gasteiger partial charge in [-0.3, -0.25) is 4.79 Å². The Morgan fingerprint density at radius 1 is 1.50 bits per heavy atom.